The van der Waals surface area contributed by atoms with E-state index < -0.39 is 6.10 Å². The summed E-state index contributed by atoms with van der Waals surface area (Å²) in [5.41, 5.74) is 2.10. The van der Waals surface area contributed by atoms with Crippen molar-refractivity contribution in [1.29, 1.82) is 0 Å². The molecule has 0 aliphatic carbocycles. The molecule has 2 rings (SSSR count). The second-order valence-corrected chi connectivity index (χ2v) is 4.29. The lowest BCUT2D eigenvalue weighted by atomic mass is 10.1. The maximum Gasteiger partial charge on any atom is 0.146 e. The van der Waals surface area contributed by atoms with Gasteiger partial charge in [0, 0.05) is 4.88 Å². The average Bonchev–Trinajstić information content (AvgIpc) is 2.73. The number of hydrogen-bond acceptors (Lipinski definition) is 3. The van der Waals surface area contributed by atoms with Crippen LogP contribution in [-0.2, 0) is 0 Å². The first kappa shape index (κ1) is 9.49. The molecule has 0 saturated carbocycles. The molecule has 0 spiro atoms. The minimum absolute atomic E-state index is 0.620. The molecule has 3 heteroatoms. The van der Waals surface area contributed by atoms with E-state index in [0.29, 0.717) is 5.76 Å². The minimum atomic E-state index is -0.620. The van der Waals surface area contributed by atoms with Gasteiger partial charge in [0.25, 0.3) is 0 Å². The summed E-state index contributed by atoms with van der Waals surface area (Å²) in [5.74, 6) is 0.649. The van der Waals surface area contributed by atoms with Crippen molar-refractivity contribution in [3.05, 3.63) is 45.5 Å². The van der Waals surface area contributed by atoms with Crippen LogP contribution in [0.2, 0.25) is 0 Å². The molecule has 14 heavy (non-hydrogen) atoms. The van der Waals surface area contributed by atoms with E-state index >= 15 is 0 Å². The number of aliphatic hydroxyl groups is 1. The molecule has 0 aromatic carbocycles. The van der Waals surface area contributed by atoms with Gasteiger partial charge < -0.3 is 9.52 Å². The Labute approximate surface area is 86.8 Å². The zero-order valence-corrected chi connectivity index (χ0v) is 8.97. The summed E-state index contributed by atoms with van der Waals surface area (Å²) in [4.78, 5) is 0.961. The number of rotatable bonds is 2. The number of furan rings is 1. The number of thiophene rings is 1. The van der Waals surface area contributed by atoms with Crippen molar-refractivity contribution in [3.63, 3.8) is 0 Å². The van der Waals surface area contributed by atoms with Gasteiger partial charge >= 0.3 is 0 Å². The zero-order chi connectivity index (χ0) is 10.1. The summed E-state index contributed by atoms with van der Waals surface area (Å²) in [5, 5.41) is 12.0. The van der Waals surface area contributed by atoms with Crippen molar-refractivity contribution in [3.8, 4) is 0 Å². The molecule has 0 saturated heterocycles. The van der Waals surface area contributed by atoms with Crippen LogP contribution in [0.4, 0.5) is 0 Å². The molecule has 0 aliphatic heterocycles. The standard InChI is InChI=1S/C11H12O2S/c1-7-3-5-13-10(7)9(12)11-8(2)4-6-14-11/h3-6,9,12H,1-2H3. The molecule has 1 atom stereocenters. The van der Waals surface area contributed by atoms with Crippen LogP contribution in [0, 0.1) is 13.8 Å². The monoisotopic (exact) mass is 208 g/mol. The molecule has 1 N–H and O–H groups in total. The van der Waals surface area contributed by atoms with Crippen molar-refractivity contribution in [1.82, 2.24) is 0 Å². The third-order valence-corrected chi connectivity index (χ3v) is 3.37. The van der Waals surface area contributed by atoms with Crippen LogP contribution in [0.15, 0.2) is 28.2 Å². The Bertz CT molecular complexity index is 388. The molecule has 2 nitrogen and oxygen atoms in total. The molecule has 2 aromatic rings. The van der Waals surface area contributed by atoms with Gasteiger partial charge in [-0.05, 0) is 42.5 Å². The summed E-state index contributed by atoms with van der Waals surface area (Å²) in [6, 6.07) is 3.86. The lowest BCUT2D eigenvalue weighted by molar-refractivity contribution is 0.191. The molecular formula is C11H12O2S. The van der Waals surface area contributed by atoms with E-state index in [1.54, 1.807) is 17.6 Å². The Hall–Kier alpha value is -1.06. The first-order valence-corrected chi connectivity index (χ1v) is 5.34. The Morgan fingerprint density at radius 1 is 1.29 bits per heavy atom. The molecule has 0 aliphatic rings. The van der Waals surface area contributed by atoms with Crippen LogP contribution in [-0.4, -0.2) is 5.11 Å². The predicted molar refractivity (Wildman–Crippen MR) is 56.6 cm³/mol. The van der Waals surface area contributed by atoms with Crippen molar-refractivity contribution in [2.45, 2.75) is 20.0 Å². The summed E-state index contributed by atoms with van der Waals surface area (Å²) >= 11 is 1.55. The fourth-order valence-electron chi connectivity index (χ4n) is 1.45. The second-order valence-electron chi connectivity index (χ2n) is 3.34. The fraction of sp³-hybridized carbons (Fsp3) is 0.273. The van der Waals surface area contributed by atoms with Crippen LogP contribution in [0.5, 0.6) is 0 Å². The van der Waals surface area contributed by atoms with Gasteiger partial charge in [0.05, 0.1) is 6.26 Å². The predicted octanol–water partition coefficient (Wildman–Crippen LogP) is 3.04. The van der Waals surface area contributed by atoms with E-state index in [-0.39, 0.29) is 0 Å². The highest BCUT2D eigenvalue weighted by molar-refractivity contribution is 7.10. The molecule has 0 fully saturated rings. The molecule has 2 heterocycles. The Balaban J connectivity index is 2.38. The zero-order valence-electron chi connectivity index (χ0n) is 8.15. The third-order valence-electron chi connectivity index (χ3n) is 2.30. The van der Waals surface area contributed by atoms with Crippen molar-refractivity contribution < 1.29 is 9.52 Å². The van der Waals surface area contributed by atoms with Crippen molar-refractivity contribution in [2.24, 2.45) is 0 Å². The summed E-state index contributed by atoms with van der Waals surface area (Å²) in [7, 11) is 0. The van der Waals surface area contributed by atoms with E-state index in [1.165, 1.54) is 0 Å². The fourth-order valence-corrected chi connectivity index (χ4v) is 2.36. The highest BCUT2D eigenvalue weighted by Crippen LogP contribution is 2.31. The Kier molecular flexibility index (Phi) is 2.44. The molecule has 1 unspecified atom stereocenters. The third kappa shape index (κ3) is 1.49. The number of aryl methyl sites for hydroxylation is 2. The van der Waals surface area contributed by atoms with Crippen molar-refractivity contribution >= 4 is 11.3 Å². The molecule has 0 radical (unpaired) electrons. The molecule has 0 bridgehead atoms. The summed E-state index contributed by atoms with van der Waals surface area (Å²) < 4.78 is 5.26. The molecule has 0 amide bonds. The van der Waals surface area contributed by atoms with Gasteiger partial charge in [-0.3, -0.25) is 0 Å². The highest BCUT2D eigenvalue weighted by atomic mass is 32.1. The second kappa shape index (κ2) is 3.59. The van der Waals surface area contributed by atoms with E-state index in [0.717, 1.165) is 16.0 Å². The maximum atomic E-state index is 10.0. The summed E-state index contributed by atoms with van der Waals surface area (Å²) in [6.45, 7) is 3.93. The summed E-state index contributed by atoms with van der Waals surface area (Å²) in [6.07, 6.45) is 0.988. The van der Waals surface area contributed by atoms with Crippen LogP contribution >= 0.6 is 11.3 Å². The normalized spacial score (nSPS) is 13.1. The average molecular weight is 208 g/mol. The largest absolute Gasteiger partial charge is 0.466 e. The van der Waals surface area contributed by atoms with Gasteiger partial charge in [-0.1, -0.05) is 0 Å². The Morgan fingerprint density at radius 2 is 2.07 bits per heavy atom. The van der Waals surface area contributed by atoms with Gasteiger partial charge in [-0.25, -0.2) is 0 Å². The molecular weight excluding hydrogens is 196 g/mol. The quantitative estimate of drug-likeness (QED) is 0.823. The molecule has 2 aromatic heterocycles. The number of hydrogen-bond donors (Lipinski definition) is 1. The van der Waals surface area contributed by atoms with Crippen LogP contribution in [0.25, 0.3) is 0 Å². The number of aliphatic hydroxyl groups excluding tert-OH is 1. The first-order valence-electron chi connectivity index (χ1n) is 4.46. The topological polar surface area (TPSA) is 33.4 Å². The first-order chi connectivity index (χ1) is 6.70. The SMILES string of the molecule is Cc1ccoc1C(O)c1sccc1C. The van der Waals surface area contributed by atoms with Gasteiger partial charge in [0.15, 0.2) is 0 Å². The van der Waals surface area contributed by atoms with Gasteiger partial charge in [0.1, 0.15) is 11.9 Å². The van der Waals surface area contributed by atoms with E-state index in [1.807, 2.05) is 31.4 Å². The highest BCUT2D eigenvalue weighted by Gasteiger charge is 2.18. The van der Waals surface area contributed by atoms with Crippen LogP contribution in [0.1, 0.15) is 27.9 Å². The van der Waals surface area contributed by atoms with Crippen molar-refractivity contribution in [2.75, 3.05) is 0 Å². The van der Waals surface area contributed by atoms with Gasteiger partial charge in [0.2, 0.25) is 0 Å². The minimum Gasteiger partial charge on any atom is -0.466 e. The lowest BCUT2D eigenvalue weighted by Crippen LogP contribution is -1.98. The lowest BCUT2D eigenvalue weighted by Gasteiger charge is -2.07. The Morgan fingerprint density at radius 3 is 2.57 bits per heavy atom. The van der Waals surface area contributed by atoms with E-state index in [4.69, 9.17) is 4.42 Å². The van der Waals surface area contributed by atoms with Crippen LogP contribution < -0.4 is 0 Å². The van der Waals surface area contributed by atoms with Crippen LogP contribution in [0.3, 0.4) is 0 Å². The molecule has 74 valence electrons. The van der Waals surface area contributed by atoms with Gasteiger partial charge in [-0.15, -0.1) is 11.3 Å². The van der Waals surface area contributed by atoms with E-state index in [9.17, 15) is 5.11 Å². The van der Waals surface area contributed by atoms with E-state index in [2.05, 4.69) is 0 Å². The maximum absolute atomic E-state index is 10.0. The van der Waals surface area contributed by atoms with Gasteiger partial charge in [-0.2, -0.15) is 0 Å². The smallest absolute Gasteiger partial charge is 0.146 e.